The number of hydrogen-bond donors (Lipinski definition) is 2. The standard InChI is InChI=1S/C12H15N3O4S/c1-2-5-14-11(16)7-20(17,18)12-15-9-4-3-8(13)6-10(9)19-12/h3-4,6H,2,5,7,13H2,1H3,(H,14,16). The van der Waals surface area contributed by atoms with Gasteiger partial charge in [0.1, 0.15) is 11.3 Å². The van der Waals surface area contributed by atoms with Crippen molar-refractivity contribution in [2.75, 3.05) is 18.0 Å². The van der Waals surface area contributed by atoms with E-state index < -0.39 is 26.7 Å². The number of amides is 1. The number of nitrogens with one attached hydrogen (secondary N) is 1. The molecule has 20 heavy (non-hydrogen) atoms. The van der Waals surface area contributed by atoms with Gasteiger partial charge in [-0.05, 0) is 18.6 Å². The van der Waals surface area contributed by atoms with Crippen molar-refractivity contribution in [3.8, 4) is 0 Å². The molecule has 2 rings (SSSR count). The van der Waals surface area contributed by atoms with Gasteiger partial charge < -0.3 is 15.5 Å². The van der Waals surface area contributed by atoms with Crippen molar-refractivity contribution in [2.45, 2.75) is 18.6 Å². The Hall–Kier alpha value is -2.09. The molecule has 8 heteroatoms. The van der Waals surface area contributed by atoms with Crippen molar-refractivity contribution in [3.63, 3.8) is 0 Å². The average Bonchev–Trinajstić information content (AvgIpc) is 2.79. The minimum atomic E-state index is -3.90. The lowest BCUT2D eigenvalue weighted by Crippen LogP contribution is -2.30. The number of carbonyl (C=O) groups excluding carboxylic acids is 1. The zero-order valence-corrected chi connectivity index (χ0v) is 11.7. The van der Waals surface area contributed by atoms with Gasteiger partial charge in [0.2, 0.25) is 15.7 Å². The van der Waals surface area contributed by atoms with Gasteiger partial charge in [0.25, 0.3) is 0 Å². The fraction of sp³-hybridized carbons (Fsp3) is 0.333. The molecule has 1 heterocycles. The summed E-state index contributed by atoms with van der Waals surface area (Å²) in [5.74, 6) is -1.26. The molecule has 1 aromatic carbocycles. The Kier molecular flexibility index (Phi) is 3.93. The number of nitrogen functional groups attached to an aromatic ring is 1. The molecule has 7 nitrogen and oxygen atoms in total. The van der Waals surface area contributed by atoms with Crippen LogP contribution in [0.5, 0.6) is 0 Å². The van der Waals surface area contributed by atoms with Gasteiger partial charge in [-0.2, -0.15) is 4.98 Å². The second kappa shape index (κ2) is 5.49. The Morgan fingerprint density at radius 1 is 1.45 bits per heavy atom. The maximum absolute atomic E-state index is 12.0. The molecule has 0 fully saturated rings. The average molecular weight is 297 g/mol. The lowest BCUT2D eigenvalue weighted by atomic mass is 10.3. The maximum atomic E-state index is 12.0. The van der Waals surface area contributed by atoms with Gasteiger partial charge in [0, 0.05) is 18.3 Å². The van der Waals surface area contributed by atoms with Crippen LogP contribution in [-0.2, 0) is 14.6 Å². The number of hydrogen-bond acceptors (Lipinski definition) is 6. The number of rotatable bonds is 5. The van der Waals surface area contributed by atoms with Crippen LogP contribution in [0.15, 0.2) is 27.8 Å². The summed E-state index contributed by atoms with van der Waals surface area (Å²) < 4.78 is 29.2. The SMILES string of the molecule is CCCNC(=O)CS(=O)(=O)c1nc2ccc(N)cc2o1. The molecule has 0 saturated heterocycles. The third-order valence-electron chi connectivity index (χ3n) is 2.55. The normalized spacial score (nSPS) is 11.7. The monoisotopic (exact) mass is 297 g/mol. The zero-order valence-electron chi connectivity index (χ0n) is 10.9. The molecule has 0 unspecified atom stereocenters. The van der Waals surface area contributed by atoms with E-state index in [0.29, 0.717) is 17.7 Å². The largest absolute Gasteiger partial charge is 0.428 e. The molecule has 108 valence electrons. The van der Waals surface area contributed by atoms with Crippen molar-refractivity contribution >= 4 is 32.5 Å². The molecule has 2 aromatic rings. The van der Waals surface area contributed by atoms with Crippen molar-refractivity contribution in [3.05, 3.63) is 18.2 Å². The minimum absolute atomic E-state index is 0.276. The van der Waals surface area contributed by atoms with Gasteiger partial charge in [0.05, 0.1) is 0 Å². The van der Waals surface area contributed by atoms with E-state index in [9.17, 15) is 13.2 Å². The predicted molar refractivity (Wildman–Crippen MR) is 73.8 cm³/mol. The Morgan fingerprint density at radius 3 is 2.90 bits per heavy atom. The van der Waals surface area contributed by atoms with Crippen LogP contribution in [-0.4, -0.2) is 31.6 Å². The van der Waals surface area contributed by atoms with Crippen LogP contribution in [0.2, 0.25) is 0 Å². The molecule has 1 amide bonds. The Balaban J connectivity index is 2.25. The number of nitrogens with zero attached hydrogens (tertiary/aromatic N) is 1. The number of aromatic nitrogens is 1. The third-order valence-corrected chi connectivity index (χ3v) is 3.90. The summed E-state index contributed by atoms with van der Waals surface area (Å²) in [5, 5.41) is 2.03. The highest BCUT2D eigenvalue weighted by Gasteiger charge is 2.25. The van der Waals surface area contributed by atoms with E-state index in [-0.39, 0.29) is 5.58 Å². The molecule has 0 spiro atoms. The fourth-order valence-corrected chi connectivity index (χ4v) is 2.63. The number of oxazole rings is 1. The van der Waals surface area contributed by atoms with Gasteiger partial charge in [-0.3, -0.25) is 4.79 Å². The van der Waals surface area contributed by atoms with Crippen molar-refractivity contribution in [1.82, 2.24) is 10.3 Å². The first-order chi connectivity index (χ1) is 9.42. The number of fused-ring (bicyclic) bond motifs is 1. The van der Waals surface area contributed by atoms with E-state index in [1.807, 2.05) is 6.92 Å². The molecule has 0 aliphatic rings. The van der Waals surface area contributed by atoms with Crippen LogP contribution in [0.3, 0.4) is 0 Å². The van der Waals surface area contributed by atoms with Crippen LogP contribution in [0.4, 0.5) is 5.69 Å². The second-order valence-electron chi connectivity index (χ2n) is 4.32. The Bertz CT molecular complexity index is 736. The Labute approximate surface area is 116 Å². The molecule has 1 aromatic heterocycles. The maximum Gasteiger partial charge on any atom is 0.316 e. The highest BCUT2D eigenvalue weighted by Crippen LogP contribution is 2.21. The molecule has 0 atom stereocenters. The van der Waals surface area contributed by atoms with Crippen LogP contribution < -0.4 is 11.1 Å². The van der Waals surface area contributed by atoms with Gasteiger partial charge in [-0.25, -0.2) is 8.42 Å². The minimum Gasteiger partial charge on any atom is -0.428 e. The fourth-order valence-electron chi connectivity index (χ4n) is 1.60. The van der Waals surface area contributed by atoms with E-state index in [4.69, 9.17) is 10.2 Å². The number of nitrogens with two attached hydrogens (primary N) is 1. The quantitative estimate of drug-likeness (QED) is 0.785. The first-order valence-electron chi connectivity index (χ1n) is 6.08. The molecular weight excluding hydrogens is 282 g/mol. The highest BCUT2D eigenvalue weighted by atomic mass is 32.2. The summed E-state index contributed by atoms with van der Waals surface area (Å²) in [6, 6.07) is 4.64. The molecular formula is C12H15N3O4S. The summed E-state index contributed by atoms with van der Waals surface area (Å²) in [4.78, 5) is 15.3. The number of carbonyl (C=O) groups is 1. The second-order valence-corrected chi connectivity index (χ2v) is 6.18. The number of sulfone groups is 1. The molecule has 3 N–H and O–H groups in total. The summed E-state index contributed by atoms with van der Waals surface area (Å²) in [5.41, 5.74) is 6.68. The van der Waals surface area contributed by atoms with E-state index in [0.717, 1.165) is 6.42 Å². The summed E-state index contributed by atoms with van der Waals surface area (Å²) in [6.07, 6.45) is 0.730. The van der Waals surface area contributed by atoms with Crippen molar-refractivity contribution in [2.24, 2.45) is 0 Å². The van der Waals surface area contributed by atoms with Gasteiger partial charge in [-0.15, -0.1) is 0 Å². The third kappa shape index (κ3) is 3.08. The molecule has 0 aliphatic carbocycles. The van der Waals surface area contributed by atoms with Crippen molar-refractivity contribution < 1.29 is 17.6 Å². The van der Waals surface area contributed by atoms with Gasteiger partial charge in [-0.1, -0.05) is 6.92 Å². The van der Waals surface area contributed by atoms with E-state index >= 15 is 0 Å². The first-order valence-corrected chi connectivity index (χ1v) is 7.73. The van der Waals surface area contributed by atoms with Crippen LogP contribution in [0, 0.1) is 0 Å². The summed E-state index contributed by atoms with van der Waals surface area (Å²) in [7, 11) is -3.90. The van der Waals surface area contributed by atoms with Gasteiger partial charge >= 0.3 is 5.22 Å². The van der Waals surface area contributed by atoms with E-state index in [2.05, 4.69) is 10.3 Å². The predicted octanol–water partition coefficient (Wildman–Crippen LogP) is 0.710. The van der Waals surface area contributed by atoms with E-state index in [1.54, 1.807) is 12.1 Å². The first kappa shape index (κ1) is 14.3. The van der Waals surface area contributed by atoms with Crippen molar-refractivity contribution in [1.29, 1.82) is 0 Å². The smallest absolute Gasteiger partial charge is 0.316 e. The number of benzene rings is 1. The zero-order chi connectivity index (χ0) is 14.8. The lowest BCUT2D eigenvalue weighted by molar-refractivity contribution is -0.118. The van der Waals surface area contributed by atoms with Crippen LogP contribution in [0.1, 0.15) is 13.3 Å². The summed E-state index contributed by atoms with van der Waals surface area (Å²) >= 11 is 0. The summed E-state index contributed by atoms with van der Waals surface area (Å²) in [6.45, 7) is 2.30. The van der Waals surface area contributed by atoms with E-state index in [1.165, 1.54) is 6.07 Å². The Morgan fingerprint density at radius 2 is 2.20 bits per heavy atom. The highest BCUT2D eigenvalue weighted by molar-refractivity contribution is 7.91. The molecule has 0 bridgehead atoms. The van der Waals surface area contributed by atoms with Crippen LogP contribution >= 0.6 is 0 Å². The topological polar surface area (TPSA) is 115 Å². The molecule has 0 aliphatic heterocycles. The van der Waals surface area contributed by atoms with Gasteiger partial charge in [0.15, 0.2) is 5.58 Å². The lowest BCUT2D eigenvalue weighted by Gasteiger charge is -2.01. The molecule has 0 saturated carbocycles. The number of anilines is 1. The molecule has 0 radical (unpaired) electrons. The van der Waals surface area contributed by atoms with Crippen LogP contribution in [0.25, 0.3) is 11.1 Å².